The van der Waals surface area contributed by atoms with Gasteiger partial charge >= 0.3 is 0 Å². The van der Waals surface area contributed by atoms with Gasteiger partial charge in [0.25, 0.3) is 10.0 Å². The van der Waals surface area contributed by atoms with Gasteiger partial charge in [0, 0.05) is 18.5 Å². The van der Waals surface area contributed by atoms with Crippen molar-refractivity contribution < 1.29 is 18.3 Å². The van der Waals surface area contributed by atoms with Crippen LogP contribution in [0.2, 0.25) is 0 Å². The number of aromatic nitrogens is 2. The van der Waals surface area contributed by atoms with E-state index in [1.165, 1.54) is 15.8 Å². The van der Waals surface area contributed by atoms with Crippen molar-refractivity contribution in [3.05, 3.63) is 34.5 Å². The summed E-state index contributed by atoms with van der Waals surface area (Å²) in [4.78, 5) is 11.2. The van der Waals surface area contributed by atoms with Gasteiger partial charge in [0.2, 0.25) is 5.91 Å². The zero-order valence-electron chi connectivity index (χ0n) is 13.0. The largest absolute Gasteiger partial charge is 0.387 e. The molecule has 8 nitrogen and oxygen atoms in total. The summed E-state index contributed by atoms with van der Waals surface area (Å²) in [5, 5.41) is 15.4. The number of primary amides is 1. The van der Waals surface area contributed by atoms with Crippen molar-refractivity contribution in [1.29, 1.82) is 0 Å². The minimum absolute atomic E-state index is 0.0972. The molecule has 0 aromatic carbocycles. The Bertz CT molecular complexity index is 869. The van der Waals surface area contributed by atoms with Crippen molar-refractivity contribution in [2.24, 2.45) is 5.73 Å². The summed E-state index contributed by atoms with van der Waals surface area (Å²) in [5.74, 6) is -0.650. The lowest BCUT2D eigenvalue weighted by Crippen LogP contribution is -2.30. The number of nitrogens with two attached hydrogens (primary N) is 1. The number of hydrogen-bond acceptors (Lipinski definition) is 6. The van der Waals surface area contributed by atoms with Gasteiger partial charge in [0.15, 0.2) is 0 Å². The number of sulfonamides is 1. The van der Waals surface area contributed by atoms with Crippen molar-refractivity contribution in [2.45, 2.75) is 36.7 Å². The van der Waals surface area contributed by atoms with Crippen LogP contribution in [0, 0.1) is 0 Å². The SMILES string of the molecule is C[C@H](O)c1cc2n(n1)CCCN(S(=O)(=O)c1cc(C(N)=O)cs1)C2. The molecular weight excluding hydrogens is 352 g/mol. The van der Waals surface area contributed by atoms with Gasteiger partial charge in [-0.15, -0.1) is 11.3 Å². The zero-order chi connectivity index (χ0) is 17.5. The smallest absolute Gasteiger partial charge is 0.252 e. The van der Waals surface area contributed by atoms with Crippen LogP contribution in [0.4, 0.5) is 0 Å². The Hall–Kier alpha value is -1.75. The molecule has 0 aliphatic carbocycles. The third-order valence-corrected chi connectivity index (χ3v) is 7.14. The van der Waals surface area contributed by atoms with Gasteiger partial charge < -0.3 is 10.8 Å². The van der Waals surface area contributed by atoms with Crippen LogP contribution in [0.15, 0.2) is 21.7 Å². The normalized spacial score (nSPS) is 17.2. The van der Waals surface area contributed by atoms with E-state index in [2.05, 4.69) is 5.10 Å². The molecule has 3 heterocycles. The number of hydrogen-bond donors (Lipinski definition) is 2. The maximum atomic E-state index is 12.8. The summed E-state index contributed by atoms with van der Waals surface area (Å²) >= 11 is 0.984. The number of fused-ring (bicyclic) bond motifs is 1. The summed E-state index contributed by atoms with van der Waals surface area (Å²) in [6, 6.07) is 3.04. The average Bonchev–Trinajstić information content (AvgIpc) is 3.10. The van der Waals surface area contributed by atoms with E-state index in [4.69, 9.17) is 5.73 Å². The molecule has 10 heteroatoms. The molecule has 0 spiro atoms. The average molecular weight is 370 g/mol. The Morgan fingerprint density at radius 1 is 1.42 bits per heavy atom. The van der Waals surface area contributed by atoms with Crippen molar-refractivity contribution in [3.63, 3.8) is 0 Å². The highest BCUT2D eigenvalue weighted by atomic mass is 32.2. The fraction of sp³-hybridized carbons (Fsp3) is 0.429. The highest BCUT2D eigenvalue weighted by Gasteiger charge is 2.30. The summed E-state index contributed by atoms with van der Waals surface area (Å²) in [5.41, 5.74) is 6.64. The van der Waals surface area contributed by atoms with Crippen molar-refractivity contribution >= 4 is 27.3 Å². The van der Waals surface area contributed by atoms with E-state index in [0.29, 0.717) is 25.2 Å². The number of aliphatic hydroxyl groups is 1. The summed E-state index contributed by atoms with van der Waals surface area (Å²) < 4.78 is 28.9. The minimum Gasteiger partial charge on any atom is -0.387 e. The number of nitrogens with zero attached hydrogens (tertiary/aromatic N) is 3. The van der Waals surface area contributed by atoms with Crippen molar-refractivity contribution in [3.8, 4) is 0 Å². The van der Waals surface area contributed by atoms with E-state index in [0.717, 1.165) is 17.0 Å². The molecule has 0 saturated carbocycles. The fourth-order valence-corrected chi connectivity index (χ4v) is 5.34. The number of carbonyl (C=O) groups is 1. The van der Waals surface area contributed by atoms with Crippen LogP contribution >= 0.6 is 11.3 Å². The first-order valence-corrected chi connectivity index (χ1v) is 9.74. The lowest BCUT2D eigenvalue weighted by Gasteiger charge is -2.18. The van der Waals surface area contributed by atoms with E-state index in [1.807, 2.05) is 0 Å². The molecular formula is C14H18N4O4S2. The second-order valence-electron chi connectivity index (χ2n) is 5.67. The van der Waals surface area contributed by atoms with Crippen LogP contribution in [0.25, 0.3) is 0 Å². The first kappa shape index (κ1) is 17.1. The maximum Gasteiger partial charge on any atom is 0.252 e. The molecule has 0 fully saturated rings. The standard InChI is InChI=1S/C14H18N4O4S2/c1-9(19)12-6-11-7-17(3-2-4-18(11)16-12)24(21,22)13-5-10(8-23-13)14(15)20/h5-6,8-9,19H,2-4,7H2,1H3,(H2,15,20)/t9-/m0/s1. The molecule has 0 unspecified atom stereocenters. The lowest BCUT2D eigenvalue weighted by molar-refractivity contribution is 0.100. The van der Waals surface area contributed by atoms with Crippen LogP contribution in [-0.4, -0.2) is 40.1 Å². The molecule has 130 valence electrons. The monoisotopic (exact) mass is 370 g/mol. The predicted molar refractivity (Wildman–Crippen MR) is 87.9 cm³/mol. The lowest BCUT2D eigenvalue weighted by atomic mass is 10.2. The van der Waals surface area contributed by atoms with E-state index in [9.17, 15) is 18.3 Å². The first-order chi connectivity index (χ1) is 11.3. The molecule has 0 radical (unpaired) electrons. The molecule has 3 rings (SSSR count). The topological polar surface area (TPSA) is 119 Å². The minimum atomic E-state index is -3.71. The van der Waals surface area contributed by atoms with E-state index in [-0.39, 0.29) is 16.3 Å². The van der Waals surface area contributed by atoms with Gasteiger partial charge in [-0.2, -0.15) is 9.40 Å². The van der Waals surface area contributed by atoms with E-state index >= 15 is 0 Å². The first-order valence-electron chi connectivity index (χ1n) is 7.42. The van der Waals surface area contributed by atoms with Gasteiger partial charge in [-0.3, -0.25) is 9.48 Å². The number of aliphatic hydroxyl groups excluding tert-OH is 1. The van der Waals surface area contributed by atoms with Crippen LogP contribution in [0.3, 0.4) is 0 Å². The summed E-state index contributed by atoms with van der Waals surface area (Å²) in [6.07, 6.45) is -0.0915. The van der Waals surface area contributed by atoms with Crippen molar-refractivity contribution in [1.82, 2.24) is 14.1 Å². The Balaban J connectivity index is 1.91. The fourth-order valence-electron chi connectivity index (χ4n) is 2.57. The Morgan fingerprint density at radius 3 is 2.79 bits per heavy atom. The number of amides is 1. The summed E-state index contributed by atoms with van der Waals surface area (Å²) in [7, 11) is -3.71. The Morgan fingerprint density at radius 2 is 2.17 bits per heavy atom. The molecule has 0 bridgehead atoms. The molecule has 1 aliphatic rings. The van der Waals surface area contributed by atoms with Crippen LogP contribution in [0.1, 0.15) is 41.2 Å². The molecule has 1 amide bonds. The second-order valence-corrected chi connectivity index (χ2v) is 8.75. The predicted octanol–water partition coefficient (Wildman–Crippen LogP) is 0.691. The number of carbonyl (C=O) groups excluding carboxylic acids is 1. The van der Waals surface area contributed by atoms with Gasteiger partial charge in [-0.25, -0.2) is 8.42 Å². The molecule has 1 atom stereocenters. The highest BCUT2D eigenvalue weighted by molar-refractivity contribution is 7.91. The highest BCUT2D eigenvalue weighted by Crippen LogP contribution is 2.27. The number of rotatable bonds is 4. The van der Waals surface area contributed by atoms with Crippen LogP contribution in [0.5, 0.6) is 0 Å². The Kier molecular flexibility index (Phi) is 4.47. The molecule has 0 saturated heterocycles. The van der Waals surface area contributed by atoms with Gasteiger partial charge in [0.1, 0.15) is 4.21 Å². The molecule has 3 N–H and O–H groups in total. The van der Waals surface area contributed by atoms with Gasteiger partial charge in [-0.1, -0.05) is 0 Å². The Labute approximate surface area is 143 Å². The quantitative estimate of drug-likeness (QED) is 0.821. The molecule has 2 aromatic rings. The van der Waals surface area contributed by atoms with Crippen LogP contribution < -0.4 is 5.73 Å². The van der Waals surface area contributed by atoms with Gasteiger partial charge in [-0.05, 0) is 25.5 Å². The van der Waals surface area contributed by atoms with E-state index < -0.39 is 22.0 Å². The molecule has 24 heavy (non-hydrogen) atoms. The molecule has 2 aromatic heterocycles. The number of thiophene rings is 1. The zero-order valence-corrected chi connectivity index (χ0v) is 14.7. The second kappa shape index (κ2) is 6.28. The van der Waals surface area contributed by atoms with E-state index in [1.54, 1.807) is 17.7 Å². The third kappa shape index (κ3) is 3.09. The van der Waals surface area contributed by atoms with Gasteiger partial charge in [0.05, 0.1) is 29.6 Å². The number of aryl methyl sites for hydroxylation is 1. The summed E-state index contributed by atoms with van der Waals surface area (Å²) in [6.45, 7) is 2.74. The third-order valence-electron chi connectivity index (χ3n) is 3.88. The maximum absolute atomic E-state index is 12.8. The van der Waals surface area contributed by atoms with Crippen LogP contribution in [-0.2, 0) is 23.1 Å². The molecule has 1 aliphatic heterocycles. The van der Waals surface area contributed by atoms with Crippen molar-refractivity contribution in [2.75, 3.05) is 6.54 Å².